The van der Waals surface area contributed by atoms with Gasteiger partial charge in [0.1, 0.15) is 23.3 Å². The SMILES string of the molecule is CCOC(=O)[C@H]1C(C#N)=C(N)OC(C)=C1c1ccncc1. The molecule has 0 unspecified atom stereocenters. The molecule has 0 aliphatic carbocycles. The van der Waals surface area contributed by atoms with Gasteiger partial charge in [-0.1, -0.05) is 0 Å². The van der Waals surface area contributed by atoms with E-state index in [2.05, 4.69) is 4.98 Å². The molecule has 1 atom stereocenters. The van der Waals surface area contributed by atoms with Crippen LogP contribution in [0, 0.1) is 17.2 Å². The molecule has 0 spiro atoms. The van der Waals surface area contributed by atoms with Gasteiger partial charge in [0.25, 0.3) is 0 Å². The predicted octanol–water partition coefficient (Wildman–Crippen LogP) is 1.72. The van der Waals surface area contributed by atoms with Gasteiger partial charge in [0.2, 0.25) is 5.88 Å². The van der Waals surface area contributed by atoms with Crippen molar-refractivity contribution in [3.05, 3.63) is 47.3 Å². The number of carbonyl (C=O) groups excluding carboxylic acids is 1. The van der Waals surface area contributed by atoms with Crippen LogP contribution in [-0.2, 0) is 14.3 Å². The van der Waals surface area contributed by atoms with Crippen LogP contribution in [0.25, 0.3) is 5.57 Å². The lowest BCUT2D eigenvalue weighted by atomic mass is 9.85. The summed E-state index contributed by atoms with van der Waals surface area (Å²) in [5.74, 6) is -1.00. The van der Waals surface area contributed by atoms with Crippen molar-refractivity contribution >= 4 is 11.5 Å². The number of aromatic nitrogens is 1. The summed E-state index contributed by atoms with van der Waals surface area (Å²) in [6.45, 7) is 3.62. The summed E-state index contributed by atoms with van der Waals surface area (Å²) in [4.78, 5) is 16.2. The average molecular weight is 285 g/mol. The number of hydrogen-bond acceptors (Lipinski definition) is 6. The number of allylic oxidation sites excluding steroid dienone is 1. The highest BCUT2D eigenvalue weighted by atomic mass is 16.5. The molecule has 0 saturated heterocycles. The van der Waals surface area contributed by atoms with Crippen molar-refractivity contribution < 1.29 is 14.3 Å². The summed E-state index contributed by atoms with van der Waals surface area (Å²) < 4.78 is 10.5. The van der Waals surface area contributed by atoms with Crippen molar-refractivity contribution in [2.24, 2.45) is 11.7 Å². The highest BCUT2D eigenvalue weighted by molar-refractivity contribution is 5.94. The number of nitrogens with zero attached hydrogens (tertiary/aromatic N) is 2. The zero-order valence-corrected chi connectivity index (χ0v) is 11.8. The molecular weight excluding hydrogens is 270 g/mol. The number of ether oxygens (including phenoxy) is 2. The molecule has 1 aromatic heterocycles. The van der Waals surface area contributed by atoms with Gasteiger partial charge < -0.3 is 15.2 Å². The van der Waals surface area contributed by atoms with E-state index in [-0.39, 0.29) is 18.1 Å². The fraction of sp³-hybridized carbons (Fsp3) is 0.267. The number of nitriles is 1. The summed E-state index contributed by atoms with van der Waals surface area (Å²) in [6, 6.07) is 5.42. The quantitative estimate of drug-likeness (QED) is 0.849. The standard InChI is InChI=1S/C15H15N3O3/c1-3-20-15(19)13-11(8-16)14(17)21-9(2)12(13)10-4-6-18-7-5-10/h4-7,13H,3,17H2,1-2H3/t13-/m0/s1. The van der Waals surface area contributed by atoms with Crippen LogP contribution in [0.15, 0.2) is 41.7 Å². The third-order valence-electron chi connectivity index (χ3n) is 3.12. The molecule has 0 saturated carbocycles. The molecule has 108 valence electrons. The monoisotopic (exact) mass is 285 g/mol. The number of rotatable bonds is 3. The minimum Gasteiger partial charge on any atom is -0.465 e. The number of esters is 1. The van der Waals surface area contributed by atoms with E-state index < -0.39 is 11.9 Å². The Balaban J connectivity index is 2.57. The lowest BCUT2D eigenvalue weighted by molar-refractivity contribution is -0.144. The third-order valence-corrected chi connectivity index (χ3v) is 3.12. The van der Waals surface area contributed by atoms with E-state index in [4.69, 9.17) is 15.2 Å². The predicted molar refractivity (Wildman–Crippen MR) is 74.9 cm³/mol. The summed E-state index contributed by atoms with van der Waals surface area (Å²) in [5, 5.41) is 9.29. The number of carbonyl (C=O) groups is 1. The van der Waals surface area contributed by atoms with E-state index in [1.165, 1.54) is 0 Å². The lowest BCUT2D eigenvalue weighted by Crippen LogP contribution is -2.28. The largest absolute Gasteiger partial charge is 0.465 e. The molecule has 0 amide bonds. The van der Waals surface area contributed by atoms with Gasteiger partial charge in [-0.15, -0.1) is 0 Å². The fourth-order valence-electron chi connectivity index (χ4n) is 2.25. The Morgan fingerprint density at radius 2 is 2.19 bits per heavy atom. The van der Waals surface area contributed by atoms with Gasteiger partial charge in [0.05, 0.1) is 6.61 Å². The lowest BCUT2D eigenvalue weighted by Gasteiger charge is -2.26. The number of pyridine rings is 1. The van der Waals surface area contributed by atoms with Gasteiger partial charge in [-0.05, 0) is 31.5 Å². The summed E-state index contributed by atoms with van der Waals surface area (Å²) in [6.07, 6.45) is 3.21. The maximum atomic E-state index is 12.3. The molecule has 2 heterocycles. The second-order valence-corrected chi connectivity index (χ2v) is 4.38. The van der Waals surface area contributed by atoms with Gasteiger partial charge in [-0.3, -0.25) is 9.78 Å². The van der Waals surface area contributed by atoms with E-state index in [0.717, 1.165) is 5.56 Å². The highest BCUT2D eigenvalue weighted by Gasteiger charge is 2.37. The molecule has 0 fully saturated rings. The Bertz CT molecular complexity index is 656. The summed E-state index contributed by atoms with van der Waals surface area (Å²) >= 11 is 0. The third kappa shape index (κ3) is 2.72. The van der Waals surface area contributed by atoms with Crippen molar-refractivity contribution in [2.45, 2.75) is 13.8 Å². The summed E-state index contributed by atoms with van der Waals surface area (Å²) in [5.41, 5.74) is 7.09. The Hall–Kier alpha value is -2.81. The normalized spacial score (nSPS) is 18.0. The second kappa shape index (κ2) is 6.09. The van der Waals surface area contributed by atoms with E-state index in [0.29, 0.717) is 11.3 Å². The maximum absolute atomic E-state index is 12.3. The van der Waals surface area contributed by atoms with Gasteiger partial charge in [0.15, 0.2) is 0 Å². The van der Waals surface area contributed by atoms with Crippen LogP contribution in [0.1, 0.15) is 19.4 Å². The van der Waals surface area contributed by atoms with Crippen molar-refractivity contribution in [3.63, 3.8) is 0 Å². The first-order chi connectivity index (χ1) is 10.1. The topological polar surface area (TPSA) is 98.2 Å². The molecule has 1 aliphatic heterocycles. The Morgan fingerprint density at radius 1 is 1.52 bits per heavy atom. The summed E-state index contributed by atoms with van der Waals surface area (Å²) in [7, 11) is 0. The average Bonchev–Trinajstić information content (AvgIpc) is 2.47. The Morgan fingerprint density at radius 3 is 2.76 bits per heavy atom. The van der Waals surface area contributed by atoms with Crippen molar-refractivity contribution in [2.75, 3.05) is 6.61 Å². The van der Waals surface area contributed by atoms with Gasteiger partial charge in [0, 0.05) is 18.0 Å². The van der Waals surface area contributed by atoms with Crippen LogP contribution in [-0.4, -0.2) is 17.6 Å². The minimum atomic E-state index is -0.883. The van der Waals surface area contributed by atoms with Crippen molar-refractivity contribution in [3.8, 4) is 6.07 Å². The van der Waals surface area contributed by atoms with E-state index in [9.17, 15) is 10.1 Å². The minimum absolute atomic E-state index is 0.0610. The van der Waals surface area contributed by atoms with Crippen molar-refractivity contribution in [1.29, 1.82) is 5.26 Å². The molecule has 0 aromatic carbocycles. The molecule has 2 N–H and O–H groups in total. The van der Waals surface area contributed by atoms with Crippen LogP contribution in [0.2, 0.25) is 0 Å². The van der Waals surface area contributed by atoms with Crippen molar-refractivity contribution in [1.82, 2.24) is 4.98 Å². The molecule has 6 nitrogen and oxygen atoms in total. The first kappa shape index (κ1) is 14.6. The second-order valence-electron chi connectivity index (χ2n) is 4.38. The molecule has 1 aromatic rings. The smallest absolute Gasteiger partial charge is 0.319 e. The first-order valence-corrected chi connectivity index (χ1v) is 6.45. The van der Waals surface area contributed by atoms with Gasteiger partial charge in [-0.25, -0.2) is 0 Å². The number of nitrogens with two attached hydrogens (primary N) is 1. The molecule has 0 bridgehead atoms. The molecule has 1 aliphatic rings. The van der Waals surface area contributed by atoms with E-state index in [1.54, 1.807) is 38.4 Å². The Labute approximate surface area is 122 Å². The van der Waals surface area contributed by atoms with Gasteiger partial charge in [-0.2, -0.15) is 5.26 Å². The van der Waals surface area contributed by atoms with Crippen LogP contribution >= 0.6 is 0 Å². The van der Waals surface area contributed by atoms with Crippen LogP contribution in [0.4, 0.5) is 0 Å². The molecule has 6 heteroatoms. The zero-order chi connectivity index (χ0) is 15.4. The van der Waals surface area contributed by atoms with Crippen LogP contribution < -0.4 is 5.73 Å². The van der Waals surface area contributed by atoms with E-state index in [1.807, 2.05) is 6.07 Å². The molecular formula is C15H15N3O3. The first-order valence-electron chi connectivity index (χ1n) is 6.45. The highest BCUT2D eigenvalue weighted by Crippen LogP contribution is 2.38. The van der Waals surface area contributed by atoms with E-state index >= 15 is 0 Å². The number of hydrogen-bond donors (Lipinski definition) is 1. The van der Waals surface area contributed by atoms with Gasteiger partial charge >= 0.3 is 5.97 Å². The Kier molecular flexibility index (Phi) is 4.24. The van der Waals surface area contributed by atoms with Crippen LogP contribution in [0.3, 0.4) is 0 Å². The fourth-order valence-corrected chi connectivity index (χ4v) is 2.25. The maximum Gasteiger partial charge on any atom is 0.319 e. The van der Waals surface area contributed by atoms with Crippen LogP contribution in [0.5, 0.6) is 0 Å². The molecule has 0 radical (unpaired) electrons. The molecule has 2 rings (SSSR count). The zero-order valence-electron chi connectivity index (χ0n) is 11.8. The molecule has 21 heavy (non-hydrogen) atoms.